The summed E-state index contributed by atoms with van der Waals surface area (Å²) >= 11 is 16.9. The molecule has 0 fully saturated rings. The molecule has 0 aromatic heterocycles. The summed E-state index contributed by atoms with van der Waals surface area (Å²) in [5.74, 6) is -0.598. The van der Waals surface area contributed by atoms with Gasteiger partial charge in [0.25, 0.3) is 5.24 Å². The zero-order valence-corrected chi connectivity index (χ0v) is 15.4. The van der Waals surface area contributed by atoms with Gasteiger partial charge in [-0.2, -0.15) is 0 Å². The molecule has 0 bridgehead atoms. The van der Waals surface area contributed by atoms with E-state index in [4.69, 9.17) is 28.9 Å². The van der Waals surface area contributed by atoms with Crippen LogP contribution in [0.3, 0.4) is 0 Å². The second-order valence-corrected chi connectivity index (χ2v) is 7.25. The van der Waals surface area contributed by atoms with Crippen LogP contribution in [-0.4, -0.2) is 14.4 Å². The average Bonchev–Trinajstić information content (AvgIpc) is 2.13. The lowest BCUT2D eigenvalue weighted by atomic mass is 9.94. The maximum atomic E-state index is 11.3. The Morgan fingerprint density at radius 2 is 1.75 bits per heavy atom. The Balaban J connectivity index is 3.40. The highest BCUT2D eigenvalue weighted by Gasteiger charge is 2.39. The zero-order chi connectivity index (χ0) is 12.6. The van der Waals surface area contributed by atoms with Crippen molar-refractivity contribution in [3.8, 4) is 0 Å². The standard InChI is InChI=1S/C8H4Cl2I3NO2/c9-7(15)1-3(11)2(8(10)16)5(13)6(14)4(1)12/h1,3H,14H2. The normalized spacial score (nSPS) is 26.1. The molecular weight excluding hydrogens is 594 g/mol. The van der Waals surface area contributed by atoms with Crippen LogP contribution in [0.1, 0.15) is 0 Å². The van der Waals surface area contributed by atoms with Gasteiger partial charge in [-0.3, -0.25) is 9.59 Å². The van der Waals surface area contributed by atoms with Crippen molar-refractivity contribution in [2.45, 2.75) is 3.92 Å². The molecule has 0 aromatic rings. The fraction of sp³-hybridized carbons (Fsp3) is 0.250. The summed E-state index contributed by atoms with van der Waals surface area (Å²) in [5, 5.41) is -1.13. The van der Waals surface area contributed by atoms with Crippen molar-refractivity contribution in [2.24, 2.45) is 11.7 Å². The van der Waals surface area contributed by atoms with Gasteiger partial charge >= 0.3 is 0 Å². The molecule has 0 aromatic carbocycles. The van der Waals surface area contributed by atoms with Crippen molar-refractivity contribution in [2.75, 3.05) is 0 Å². The van der Waals surface area contributed by atoms with E-state index in [-0.39, 0.29) is 3.92 Å². The van der Waals surface area contributed by atoms with Crippen LogP contribution in [0.5, 0.6) is 0 Å². The lowest BCUT2D eigenvalue weighted by Gasteiger charge is -2.27. The molecule has 3 nitrogen and oxygen atoms in total. The third-order valence-corrected chi connectivity index (χ3v) is 6.22. The Kier molecular flexibility index (Phi) is 5.81. The van der Waals surface area contributed by atoms with E-state index in [1.807, 2.05) is 67.8 Å². The van der Waals surface area contributed by atoms with E-state index < -0.39 is 16.4 Å². The molecular formula is C8H4Cl2I3NO2. The number of hydrogen-bond donors (Lipinski definition) is 1. The summed E-state index contributed by atoms with van der Waals surface area (Å²) in [6, 6.07) is 0. The summed E-state index contributed by atoms with van der Waals surface area (Å²) in [5.41, 5.74) is 6.57. The molecule has 0 radical (unpaired) electrons. The first-order valence-corrected chi connectivity index (χ1v) is 8.03. The number of alkyl halides is 1. The quantitative estimate of drug-likeness (QED) is 0.302. The lowest BCUT2D eigenvalue weighted by Crippen LogP contribution is -2.31. The number of nitrogens with two attached hydrogens (primary N) is 1. The molecule has 1 aliphatic carbocycles. The van der Waals surface area contributed by atoms with Gasteiger partial charge in [0.05, 0.1) is 15.5 Å². The van der Waals surface area contributed by atoms with Crippen LogP contribution in [0.15, 0.2) is 18.4 Å². The Morgan fingerprint density at radius 1 is 1.25 bits per heavy atom. The summed E-state index contributed by atoms with van der Waals surface area (Å²) in [7, 11) is 0. The molecule has 0 heterocycles. The van der Waals surface area contributed by atoms with Crippen LogP contribution in [0, 0.1) is 5.92 Å². The number of carbonyl (C=O) groups is 2. The Morgan fingerprint density at radius 3 is 2.12 bits per heavy atom. The first kappa shape index (κ1) is 15.4. The molecule has 16 heavy (non-hydrogen) atoms. The fourth-order valence-electron chi connectivity index (χ4n) is 1.24. The topological polar surface area (TPSA) is 60.2 Å². The predicted molar refractivity (Wildman–Crippen MR) is 89.3 cm³/mol. The van der Waals surface area contributed by atoms with Gasteiger partial charge in [0.1, 0.15) is 0 Å². The first-order chi connectivity index (χ1) is 7.29. The molecule has 0 spiro atoms. The summed E-state index contributed by atoms with van der Waals surface area (Å²) in [6.45, 7) is 0. The van der Waals surface area contributed by atoms with Crippen molar-refractivity contribution in [3.63, 3.8) is 0 Å². The highest BCUT2D eigenvalue weighted by molar-refractivity contribution is 14.1. The van der Waals surface area contributed by atoms with Crippen molar-refractivity contribution >= 4 is 101 Å². The Bertz CT molecular complexity index is 433. The van der Waals surface area contributed by atoms with E-state index >= 15 is 0 Å². The van der Waals surface area contributed by atoms with Gasteiger partial charge in [0, 0.05) is 12.7 Å². The highest BCUT2D eigenvalue weighted by Crippen LogP contribution is 2.44. The van der Waals surface area contributed by atoms with E-state index in [0.717, 1.165) is 0 Å². The maximum Gasteiger partial charge on any atom is 0.250 e. The summed E-state index contributed by atoms with van der Waals surface area (Å²) in [4.78, 5) is 22.6. The largest absolute Gasteiger partial charge is 0.397 e. The average molecular weight is 598 g/mol. The van der Waals surface area contributed by atoms with Crippen LogP contribution < -0.4 is 5.73 Å². The van der Waals surface area contributed by atoms with Gasteiger partial charge < -0.3 is 5.73 Å². The monoisotopic (exact) mass is 597 g/mol. The van der Waals surface area contributed by atoms with E-state index in [9.17, 15) is 9.59 Å². The van der Waals surface area contributed by atoms with Gasteiger partial charge in [-0.05, 0) is 68.4 Å². The molecule has 2 atom stereocenters. The Labute approximate surface area is 143 Å². The van der Waals surface area contributed by atoms with Crippen molar-refractivity contribution in [1.29, 1.82) is 0 Å². The fourth-order valence-corrected chi connectivity index (χ4v) is 7.29. The second-order valence-electron chi connectivity index (χ2n) is 2.95. The SMILES string of the molecule is NC1=C(I)C(C(=O)Cl)C(I)C(C(=O)Cl)=C1I. The molecule has 8 heteroatoms. The molecule has 0 aliphatic heterocycles. The van der Waals surface area contributed by atoms with Crippen molar-refractivity contribution in [1.82, 2.24) is 0 Å². The smallest absolute Gasteiger partial charge is 0.250 e. The van der Waals surface area contributed by atoms with Gasteiger partial charge in [-0.25, -0.2) is 0 Å². The predicted octanol–water partition coefficient (Wildman–Crippen LogP) is 3.25. The highest BCUT2D eigenvalue weighted by atomic mass is 127. The molecule has 2 unspecified atom stereocenters. The molecule has 1 rings (SSSR count). The molecule has 88 valence electrons. The molecule has 1 aliphatic rings. The third-order valence-electron chi connectivity index (χ3n) is 2.03. The molecule has 2 N–H and O–H groups in total. The van der Waals surface area contributed by atoms with Gasteiger partial charge in [0.2, 0.25) is 5.24 Å². The molecule has 0 amide bonds. The third kappa shape index (κ3) is 2.86. The van der Waals surface area contributed by atoms with Crippen LogP contribution >= 0.6 is 91.0 Å². The van der Waals surface area contributed by atoms with Gasteiger partial charge in [-0.1, -0.05) is 22.6 Å². The summed E-state index contributed by atoms with van der Waals surface area (Å²) < 4.78 is 0.873. The number of hydrogen-bond acceptors (Lipinski definition) is 3. The minimum atomic E-state index is -0.599. The maximum absolute atomic E-state index is 11.3. The van der Waals surface area contributed by atoms with Gasteiger partial charge in [0.15, 0.2) is 0 Å². The minimum absolute atomic E-state index is 0.347. The van der Waals surface area contributed by atoms with E-state index in [2.05, 4.69) is 0 Å². The molecule has 0 saturated carbocycles. The number of allylic oxidation sites excluding steroid dienone is 3. The Hall–Kier alpha value is 1.39. The summed E-state index contributed by atoms with van der Waals surface area (Å²) in [6.07, 6.45) is 0. The van der Waals surface area contributed by atoms with Gasteiger partial charge in [-0.15, -0.1) is 0 Å². The van der Waals surface area contributed by atoms with Crippen LogP contribution in [0.25, 0.3) is 0 Å². The minimum Gasteiger partial charge on any atom is -0.397 e. The van der Waals surface area contributed by atoms with E-state index in [1.165, 1.54) is 0 Å². The zero-order valence-electron chi connectivity index (χ0n) is 7.44. The van der Waals surface area contributed by atoms with Crippen LogP contribution in [0.2, 0.25) is 0 Å². The second kappa shape index (κ2) is 6.02. The number of carbonyl (C=O) groups excluding carboxylic acids is 2. The number of rotatable bonds is 2. The number of halogens is 5. The molecule has 0 saturated heterocycles. The van der Waals surface area contributed by atoms with Crippen molar-refractivity contribution in [3.05, 3.63) is 18.4 Å². The van der Waals surface area contributed by atoms with E-state index in [0.29, 0.717) is 18.4 Å². The van der Waals surface area contributed by atoms with Crippen LogP contribution in [0.4, 0.5) is 0 Å². The van der Waals surface area contributed by atoms with Crippen LogP contribution in [-0.2, 0) is 9.59 Å². The lowest BCUT2D eigenvalue weighted by molar-refractivity contribution is -0.113. The van der Waals surface area contributed by atoms with E-state index in [1.54, 1.807) is 0 Å². The first-order valence-electron chi connectivity index (χ1n) is 3.87. The van der Waals surface area contributed by atoms with Crippen molar-refractivity contribution < 1.29 is 9.59 Å².